The van der Waals surface area contributed by atoms with Crippen LogP contribution in [-0.4, -0.2) is 20.8 Å². The van der Waals surface area contributed by atoms with Crippen LogP contribution < -0.4 is 5.73 Å². The Morgan fingerprint density at radius 1 is 1.86 bits per heavy atom. The van der Waals surface area contributed by atoms with Crippen molar-refractivity contribution < 1.29 is 5.21 Å². The summed E-state index contributed by atoms with van der Waals surface area (Å²) in [5, 5.41) is 16.1. The molecule has 0 aliphatic heterocycles. The summed E-state index contributed by atoms with van der Waals surface area (Å²) in [7, 11) is 0. The predicted octanol–water partition coefficient (Wildman–Crippen LogP) is 1.23. The van der Waals surface area contributed by atoms with Gasteiger partial charge in [0.1, 0.15) is 5.84 Å². The molecule has 14 heavy (non-hydrogen) atoms. The second kappa shape index (κ2) is 4.32. The van der Waals surface area contributed by atoms with Crippen LogP contribution in [0.4, 0.5) is 0 Å². The molecule has 78 valence electrons. The normalized spacial score (nSPS) is 14.4. The number of hydrogen-bond donors (Lipinski definition) is 2. The van der Waals surface area contributed by atoms with Gasteiger partial charge in [-0.25, -0.2) is 0 Å². The number of amidine groups is 1. The van der Waals surface area contributed by atoms with Crippen LogP contribution in [-0.2, 0) is 6.54 Å². The van der Waals surface area contributed by atoms with Crippen molar-refractivity contribution in [1.82, 2.24) is 9.78 Å². The van der Waals surface area contributed by atoms with Gasteiger partial charge in [0.15, 0.2) is 0 Å². The monoisotopic (exact) mass is 216 g/mol. The van der Waals surface area contributed by atoms with E-state index in [1.54, 1.807) is 10.9 Å². The fourth-order valence-corrected chi connectivity index (χ4v) is 1.20. The quantitative estimate of drug-likeness (QED) is 0.345. The molecule has 1 unspecified atom stereocenters. The van der Waals surface area contributed by atoms with E-state index < -0.39 is 0 Å². The first-order valence-electron chi connectivity index (χ1n) is 4.21. The molecule has 0 amide bonds. The minimum absolute atomic E-state index is 0.0744. The zero-order chi connectivity index (χ0) is 10.7. The molecule has 1 heterocycles. The van der Waals surface area contributed by atoms with Gasteiger partial charge < -0.3 is 10.9 Å². The standard InChI is InChI=1S/C8H13ClN4O/c1-5(8(10)12-14)4-13-6(2)7(9)3-11-13/h3,5,14H,4H2,1-2H3,(H2,10,12). The molecule has 5 nitrogen and oxygen atoms in total. The number of nitrogens with two attached hydrogens (primary N) is 1. The molecule has 1 aromatic rings. The first kappa shape index (κ1) is 10.8. The van der Waals surface area contributed by atoms with E-state index in [4.69, 9.17) is 22.5 Å². The van der Waals surface area contributed by atoms with Gasteiger partial charge in [-0.05, 0) is 6.92 Å². The Hall–Kier alpha value is -1.23. The first-order valence-corrected chi connectivity index (χ1v) is 4.59. The van der Waals surface area contributed by atoms with Crippen molar-refractivity contribution in [3.8, 4) is 0 Å². The van der Waals surface area contributed by atoms with Gasteiger partial charge in [-0.15, -0.1) is 0 Å². The number of halogens is 1. The predicted molar refractivity (Wildman–Crippen MR) is 54.5 cm³/mol. The second-order valence-corrected chi connectivity index (χ2v) is 3.59. The molecule has 0 bridgehead atoms. The maximum absolute atomic E-state index is 8.46. The highest BCUT2D eigenvalue weighted by Crippen LogP contribution is 2.14. The van der Waals surface area contributed by atoms with E-state index in [2.05, 4.69) is 10.3 Å². The maximum Gasteiger partial charge on any atom is 0.143 e. The van der Waals surface area contributed by atoms with Crippen LogP contribution >= 0.6 is 11.6 Å². The van der Waals surface area contributed by atoms with Crippen LogP contribution in [0.2, 0.25) is 5.02 Å². The lowest BCUT2D eigenvalue weighted by Gasteiger charge is -2.10. The molecular formula is C8H13ClN4O. The smallest absolute Gasteiger partial charge is 0.143 e. The summed E-state index contributed by atoms with van der Waals surface area (Å²) in [6.07, 6.45) is 1.58. The second-order valence-electron chi connectivity index (χ2n) is 3.19. The van der Waals surface area contributed by atoms with Crippen molar-refractivity contribution in [3.63, 3.8) is 0 Å². The number of rotatable bonds is 3. The average molecular weight is 217 g/mol. The van der Waals surface area contributed by atoms with E-state index in [1.165, 1.54) is 0 Å². The van der Waals surface area contributed by atoms with Gasteiger partial charge in [0.2, 0.25) is 0 Å². The molecule has 3 N–H and O–H groups in total. The van der Waals surface area contributed by atoms with E-state index in [0.717, 1.165) is 5.69 Å². The highest BCUT2D eigenvalue weighted by molar-refractivity contribution is 6.31. The van der Waals surface area contributed by atoms with Gasteiger partial charge >= 0.3 is 0 Å². The molecule has 1 atom stereocenters. The summed E-state index contributed by atoms with van der Waals surface area (Å²) in [4.78, 5) is 0. The Balaban J connectivity index is 2.74. The minimum Gasteiger partial charge on any atom is -0.409 e. The molecule has 0 aliphatic rings. The fraction of sp³-hybridized carbons (Fsp3) is 0.500. The van der Waals surface area contributed by atoms with Crippen molar-refractivity contribution >= 4 is 17.4 Å². The fourth-order valence-electron chi connectivity index (χ4n) is 1.06. The topological polar surface area (TPSA) is 76.4 Å². The van der Waals surface area contributed by atoms with Crippen molar-refractivity contribution in [2.45, 2.75) is 20.4 Å². The molecule has 6 heteroatoms. The third kappa shape index (κ3) is 2.17. The van der Waals surface area contributed by atoms with Crippen LogP contribution in [0.15, 0.2) is 11.4 Å². The number of hydrogen-bond acceptors (Lipinski definition) is 3. The molecule has 0 aliphatic carbocycles. The first-order chi connectivity index (χ1) is 6.56. The summed E-state index contributed by atoms with van der Waals surface area (Å²) in [5.41, 5.74) is 6.33. The summed E-state index contributed by atoms with van der Waals surface area (Å²) in [5.74, 6) is 0.116. The van der Waals surface area contributed by atoms with Crippen molar-refractivity contribution in [2.24, 2.45) is 16.8 Å². The molecule has 1 rings (SSSR count). The Morgan fingerprint density at radius 2 is 2.50 bits per heavy atom. The van der Waals surface area contributed by atoms with E-state index in [-0.39, 0.29) is 11.8 Å². The third-order valence-corrected chi connectivity index (χ3v) is 2.48. The molecule has 0 aromatic carbocycles. The largest absolute Gasteiger partial charge is 0.409 e. The molecule has 1 aromatic heterocycles. The number of aromatic nitrogens is 2. The van der Waals surface area contributed by atoms with Gasteiger partial charge in [0.05, 0.1) is 23.5 Å². The van der Waals surface area contributed by atoms with Gasteiger partial charge in [0, 0.05) is 5.92 Å². The molecular weight excluding hydrogens is 204 g/mol. The minimum atomic E-state index is -0.0744. The zero-order valence-corrected chi connectivity index (χ0v) is 8.86. The lowest BCUT2D eigenvalue weighted by Crippen LogP contribution is -2.26. The molecule has 0 radical (unpaired) electrons. The van der Waals surface area contributed by atoms with E-state index >= 15 is 0 Å². The van der Waals surface area contributed by atoms with Crippen LogP contribution in [0.5, 0.6) is 0 Å². The number of oxime groups is 1. The van der Waals surface area contributed by atoms with Crippen LogP contribution in [0.1, 0.15) is 12.6 Å². The Labute approximate surface area is 87.2 Å². The van der Waals surface area contributed by atoms with Gasteiger partial charge in [0.25, 0.3) is 0 Å². The summed E-state index contributed by atoms with van der Waals surface area (Å²) >= 11 is 5.83. The Morgan fingerprint density at radius 3 is 2.93 bits per heavy atom. The van der Waals surface area contributed by atoms with E-state index in [0.29, 0.717) is 11.6 Å². The SMILES string of the molecule is Cc1c(Cl)cnn1CC(C)C(N)=NO. The van der Waals surface area contributed by atoms with Crippen LogP contribution in [0.3, 0.4) is 0 Å². The highest BCUT2D eigenvalue weighted by Gasteiger charge is 2.11. The Bertz CT molecular complexity index is 347. The molecule has 0 spiro atoms. The lowest BCUT2D eigenvalue weighted by molar-refractivity contribution is 0.312. The third-order valence-electron chi connectivity index (χ3n) is 2.11. The lowest BCUT2D eigenvalue weighted by atomic mass is 10.1. The van der Waals surface area contributed by atoms with Crippen molar-refractivity contribution in [1.29, 1.82) is 0 Å². The summed E-state index contributed by atoms with van der Waals surface area (Å²) in [6, 6.07) is 0. The van der Waals surface area contributed by atoms with E-state index in [9.17, 15) is 0 Å². The van der Waals surface area contributed by atoms with E-state index in [1.807, 2.05) is 13.8 Å². The zero-order valence-electron chi connectivity index (χ0n) is 8.11. The summed E-state index contributed by atoms with van der Waals surface area (Å²) in [6.45, 7) is 4.27. The maximum atomic E-state index is 8.46. The van der Waals surface area contributed by atoms with Gasteiger partial charge in [-0.1, -0.05) is 23.7 Å². The van der Waals surface area contributed by atoms with Crippen LogP contribution in [0.25, 0.3) is 0 Å². The summed E-state index contributed by atoms with van der Waals surface area (Å²) < 4.78 is 1.73. The molecule has 0 saturated carbocycles. The Kier molecular flexibility index (Phi) is 3.35. The van der Waals surface area contributed by atoms with Gasteiger partial charge in [-0.2, -0.15) is 5.10 Å². The number of nitrogens with zero attached hydrogens (tertiary/aromatic N) is 3. The average Bonchev–Trinajstić information content (AvgIpc) is 2.48. The van der Waals surface area contributed by atoms with Crippen LogP contribution in [0, 0.1) is 12.8 Å². The molecule has 0 fully saturated rings. The van der Waals surface area contributed by atoms with Crippen molar-refractivity contribution in [2.75, 3.05) is 0 Å². The molecule has 0 saturated heterocycles. The highest BCUT2D eigenvalue weighted by atomic mass is 35.5. The van der Waals surface area contributed by atoms with Crippen molar-refractivity contribution in [3.05, 3.63) is 16.9 Å². The van der Waals surface area contributed by atoms with Gasteiger partial charge in [-0.3, -0.25) is 4.68 Å².